The van der Waals surface area contributed by atoms with E-state index in [4.69, 9.17) is 5.26 Å². The van der Waals surface area contributed by atoms with Crippen molar-refractivity contribution in [1.82, 2.24) is 4.90 Å². The molecule has 1 rings (SSSR count). The quantitative estimate of drug-likeness (QED) is 0.835. The van der Waals surface area contributed by atoms with Gasteiger partial charge in [0.1, 0.15) is 0 Å². The molecule has 1 unspecified atom stereocenters. The first-order chi connectivity index (χ1) is 9.16. The zero-order valence-corrected chi connectivity index (χ0v) is 12.4. The van der Waals surface area contributed by atoms with Crippen LogP contribution in [-0.2, 0) is 6.18 Å². The first kappa shape index (κ1) is 16.5. The second kappa shape index (κ2) is 6.27. The van der Waals surface area contributed by atoms with Gasteiger partial charge >= 0.3 is 6.18 Å². The highest BCUT2D eigenvalue weighted by Gasteiger charge is 2.32. The SMILES string of the molecule is CC(C#N)CN(C)C(=O)c1cc(C(F)(F)F)ccc1Br. The molecule has 0 N–H and O–H groups in total. The first-order valence-corrected chi connectivity index (χ1v) is 6.48. The third-order valence-corrected chi connectivity index (χ3v) is 3.33. The number of amides is 1. The maximum absolute atomic E-state index is 12.6. The van der Waals surface area contributed by atoms with Gasteiger partial charge in [0.25, 0.3) is 5.91 Å². The Kier molecular flexibility index (Phi) is 5.17. The third kappa shape index (κ3) is 3.97. The molecule has 20 heavy (non-hydrogen) atoms. The number of hydrogen-bond donors (Lipinski definition) is 0. The molecule has 1 amide bonds. The molecular formula is C13H12BrF3N2O. The summed E-state index contributed by atoms with van der Waals surface area (Å²) in [6.07, 6.45) is -4.51. The minimum atomic E-state index is -4.51. The highest BCUT2D eigenvalue weighted by Crippen LogP contribution is 2.32. The van der Waals surface area contributed by atoms with Crippen molar-refractivity contribution in [2.75, 3.05) is 13.6 Å². The molecule has 108 valence electrons. The summed E-state index contributed by atoms with van der Waals surface area (Å²) in [5, 5.41) is 8.70. The average molecular weight is 349 g/mol. The van der Waals surface area contributed by atoms with E-state index in [1.165, 1.54) is 18.0 Å². The van der Waals surface area contributed by atoms with Gasteiger partial charge in [-0.25, -0.2) is 0 Å². The Morgan fingerprint density at radius 2 is 2.10 bits per heavy atom. The Morgan fingerprint density at radius 3 is 2.60 bits per heavy atom. The van der Waals surface area contributed by atoms with Gasteiger partial charge in [-0.05, 0) is 41.1 Å². The summed E-state index contributed by atoms with van der Waals surface area (Å²) in [6, 6.07) is 4.87. The van der Waals surface area contributed by atoms with Crippen LogP contribution in [0.25, 0.3) is 0 Å². The van der Waals surface area contributed by atoms with Gasteiger partial charge in [-0.2, -0.15) is 18.4 Å². The second-order valence-electron chi connectivity index (χ2n) is 4.41. The lowest BCUT2D eigenvalue weighted by Gasteiger charge is -2.19. The predicted molar refractivity (Wildman–Crippen MR) is 70.9 cm³/mol. The summed E-state index contributed by atoms with van der Waals surface area (Å²) in [6.45, 7) is 1.78. The van der Waals surface area contributed by atoms with E-state index < -0.39 is 23.6 Å². The molecule has 1 aromatic carbocycles. The molecule has 3 nitrogen and oxygen atoms in total. The van der Waals surface area contributed by atoms with Gasteiger partial charge in [-0.15, -0.1) is 0 Å². The number of benzene rings is 1. The van der Waals surface area contributed by atoms with Crippen molar-refractivity contribution < 1.29 is 18.0 Å². The normalized spacial score (nSPS) is 12.7. The number of carbonyl (C=O) groups excluding carboxylic acids is 1. The molecule has 0 heterocycles. The van der Waals surface area contributed by atoms with E-state index in [9.17, 15) is 18.0 Å². The number of nitriles is 1. The van der Waals surface area contributed by atoms with E-state index in [1.807, 2.05) is 6.07 Å². The van der Waals surface area contributed by atoms with E-state index in [2.05, 4.69) is 15.9 Å². The zero-order valence-electron chi connectivity index (χ0n) is 10.8. The zero-order chi connectivity index (χ0) is 15.5. The van der Waals surface area contributed by atoms with Crippen molar-refractivity contribution in [2.24, 2.45) is 5.92 Å². The van der Waals surface area contributed by atoms with Crippen LogP contribution in [0.2, 0.25) is 0 Å². The number of carbonyl (C=O) groups is 1. The molecule has 0 aliphatic rings. The van der Waals surface area contributed by atoms with E-state index >= 15 is 0 Å². The number of rotatable bonds is 3. The van der Waals surface area contributed by atoms with E-state index in [1.54, 1.807) is 6.92 Å². The van der Waals surface area contributed by atoms with Crippen molar-refractivity contribution in [2.45, 2.75) is 13.1 Å². The molecule has 0 fully saturated rings. The fraction of sp³-hybridized carbons (Fsp3) is 0.385. The molecule has 0 saturated heterocycles. The van der Waals surface area contributed by atoms with Crippen molar-refractivity contribution in [3.05, 3.63) is 33.8 Å². The summed E-state index contributed by atoms with van der Waals surface area (Å²) in [5.74, 6) is -0.960. The summed E-state index contributed by atoms with van der Waals surface area (Å²) in [4.78, 5) is 13.3. The van der Waals surface area contributed by atoms with Gasteiger partial charge in [0.2, 0.25) is 0 Å². The predicted octanol–water partition coefficient (Wildman–Crippen LogP) is 3.70. The maximum atomic E-state index is 12.6. The summed E-state index contributed by atoms with van der Waals surface area (Å²) < 4.78 is 38.2. The van der Waals surface area contributed by atoms with E-state index in [0.717, 1.165) is 12.1 Å². The van der Waals surface area contributed by atoms with Crippen molar-refractivity contribution >= 4 is 21.8 Å². The maximum Gasteiger partial charge on any atom is 0.416 e. The van der Waals surface area contributed by atoms with Gasteiger partial charge in [-0.1, -0.05) is 0 Å². The molecule has 1 aromatic rings. The molecular weight excluding hydrogens is 337 g/mol. The van der Waals surface area contributed by atoms with Crippen LogP contribution in [0.15, 0.2) is 22.7 Å². The largest absolute Gasteiger partial charge is 0.416 e. The smallest absolute Gasteiger partial charge is 0.340 e. The van der Waals surface area contributed by atoms with Crippen LogP contribution in [0, 0.1) is 17.2 Å². The molecule has 0 aliphatic heterocycles. The van der Waals surface area contributed by atoms with Crippen molar-refractivity contribution in [3.8, 4) is 6.07 Å². The molecule has 0 aliphatic carbocycles. The molecule has 0 saturated carbocycles. The monoisotopic (exact) mass is 348 g/mol. The number of nitrogens with zero attached hydrogens (tertiary/aromatic N) is 2. The Bertz CT molecular complexity index is 552. The fourth-order valence-electron chi connectivity index (χ4n) is 1.61. The number of halogens is 4. The van der Waals surface area contributed by atoms with Crippen LogP contribution in [-0.4, -0.2) is 24.4 Å². The van der Waals surface area contributed by atoms with Crippen molar-refractivity contribution in [3.63, 3.8) is 0 Å². The van der Waals surface area contributed by atoms with E-state index in [0.29, 0.717) is 0 Å². The van der Waals surface area contributed by atoms with Crippen LogP contribution in [0.5, 0.6) is 0 Å². The Morgan fingerprint density at radius 1 is 1.50 bits per heavy atom. The van der Waals surface area contributed by atoms with Gasteiger partial charge in [-0.3, -0.25) is 4.79 Å². The molecule has 0 spiro atoms. The summed E-state index contributed by atoms with van der Waals surface area (Å²) in [7, 11) is 1.45. The molecule has 1 atom stereocenters. The van der Waals surface area contributed by atoms with Crippen LogP contribution in [0.4, 0.5) is 13.2 Å². The van der Waals surface area contributed by atoms with Gasteiger partial charge in [0, 0.05) is 18.1 Å². The van der Waals surface area contributed by atoms with E-state index in [-0.39, 0.29) is 16.6 Å². The summed E-state index contributed by atoms with van der Waals surface area (Å²) >= 11 is 3.07. The Hall–Kier alpha value is -1.55. The topological polar surface area (TPSA) is 44.1 Å². The fourth-order valence-corrected chi connectivity index (χ4v) is 2.02. The lowest BCUT2D eigenvalue weighted by Crippen LogP contribution is -2.31. The summed E-state index contributed by atoms with van der Waals surface area (Å²) in [5.41, 5.74) is -0.960. The minimum Gasteiger partial charge on any atom is -0.340 e. The van der Waals surface area contributed by atoms with Gasteiger partial charge in [0.15, 0.2) is 0 Å². The van der Waals surface area contributed by atoms with Crippen LogP contribution >= 0.6 is 15.9 Å². The Labute approximate surface area is 123 Å². The molecule has 0 aromatic heterocycles. The standard InChI is InChI=1S/C13H12BrF3N2O/c1-8(6-18)7-19(2)12(20)10-5-9(13(15,16)17)3-4-11(10)14/h3-5,8H,7H2,1-2H3. The molecule has 0 radical (unpaired) electrons. The highest BCUT2D eigenvalue weighted by molar-refractivity contribution is 9.10. The number of hydrogen-bond acceptors (Lipinski definition) is 2. The third-order valence-electron chi connectivity index (χ3n) is 2.64. The van der Waals surface area contributed by atoms with Crippen molar-refractivity contribution in [1.29, 1.82) is 5.26 Å². The van der Waals surface area contributed by atoms with Gasteiger partial charge < -0.3 is 4.90 Å². The highest BCUT2D eigenvalue weighted by atomic mass is 79.9. The van der Waals surface area contributed by atoms with Crippen LogP contribution < -0.4 is 0 Å². The lowest BCUT2D eigenvalue weighted by molar-refractivity contribution is -0.137. The minimum absolute atomic E-state index is 0.0764. The number of alkyl halides is 3. The second-order valence-corrected chi connectivity index (χ2v) is 5.26. The molecule has 7 heteroatoms. The van der Waals surface area contributed by atoms with Crippen LogP contribution in [0.3, 0.4) is 0 Å². The average Bonchev–Trinajstić information content (AvgIpc) is 2.36. The Balaban J connectivity index is 3.07. The van der Waals surface area contributed by atoms with Crippen LogP contribution in [0.1, 0.15) is 22.8 Å². The lowest BCUT2D eigenvalue weighted by atomic mass is 10.1. The molecule has 0 bridgehead atoms. The first-order valence-electron chi connectivity index (χ1n) is 5.68. The van der Waals surface area contributed by atoms with Gasteiger partial charge in [0.05, 0.1) is 23.1 Å².